The van der Waals surface area contributed by atoms with Crippen LogP contribution in [0.2, 0.25) is 6.04 Å². The summed E-state index contributed by atoms with van der Waals surface area (Å²) in [5.41, 5.74) is 0. The summed E-state index contributed by atoms with van der Waals surface area (Å²) in [6.07, 6.45) is 6.01. The topological polar surface area (TPSA) is 67.9 Å². The largest absolute Gasteiger partial charge is 0.536 e. The van der Waals surface area contributed by atoms with Gasteiger partial charge < -0.3 is 31.3 Å². The SMILES string of the molecule is CO[Si](CCC1CCC2OC2C1)(OC)OC.CO[Si](OC)(OC)c1ccccc1. The van der Waals surface area contributed by atoms with E-state index >= 15 is 0 Å². The molecular weight excluding hydrogens is 408 g/mol. The van der Waals surface area contributed by atoms with Gasteiger partial charge in [0.1, 0.15) is 0 Å². The molecule has 29 heavy (non-hydrogen) atoms. The van der Waals surface area contributed by atoms with Crippen LogP contribution in [0.15, 0.2) is 30.3 Å². The van der Waals surface area contributed by atoms with Gasteiger partial charge >= 0.3 is 17.6 Å². The molecule has 1 aromatic carbocycles. The fourth-order valence-electron chi connectivity index (χ4n) is 3.93. The zero-order valence-electron chi connectivity index (χ0n) is 18.5. The Morgan fingerprint density at radius 2 is 1.38 bits per heavy atom. The van der Waals surface area contributed by atoms with E-state index in [0.717, 1.165) is 23.6 Å². The van der Waals surface area contributed by atoms with Gasteiger partial charge in [-0.25, -0.2) is 0 Å². The first kappa shape index (κ1) is 24.6. The molecule has 1 aliphatic heterocycles. The van der Waals surface area contributed by atoms with Crippen molar-refractivity contribution in [2.75, 3.05) is 42.7 Å². The van der Waals surface area contributed by atoms with Crippen molar-refractivity contribution in [3.8, 4) is 0 Å². The van der Waals surface area contributed by atoms with Gasteiger partial charge in [0.2, 0.25) is 0 Å². The summed E-state index contributed by atoms with van der Waals surface area (Å²) in [6.45, 7) is 0. The Bertz CT molecular complexity index is 565. The van der Waals surface area contributed by atoms with Crippen LogP contribution in [0.1, 0.15) is 25.7 Å². The third kappa shape index (κ3) is 6.43. The highest BCUT2D eigenvalue weighted by molar-refractivity contribution is 6.75. The van der Waals surface area contributed by atoms with E-state index in [9.17, 15) is 0 Å². The normalized spacial score (nSPS) is 23.7. The highest BCUT2D eigenvalue weighted by atomic mass is 28.4. The molecule has 2 aliphatic rings. The van der Waals surface area contributed by atoms with E-state index in [1.54, 1.807) is 42.7 Å². The Kier molecular flexibility index (Phi) is 9.93. The molecule has 3 unspecified atom stereocenters. The van der Waals surface area contributed by atoms with Crippen molar-refractivity contribution in [3.63, 3.8) is 0 Å². The number of hydrogen-bond acceptors (Lipinski definition) is 7. The van der Waals surface area contributed by atoms with Gasteiger partial charge in [-0.1, -0.05) is 30.3 Å². The lowest BCUT2D eigenvalue weighted by Crippen LogP contribution is -2.54. The zero-order valence-corrected chi connectivity index (χ0v) is 20.5. The van der Waals surface area contributed by atoms with Crippen LogP contribution >= 0.6 is 0 Å². The lowest BCUT2D eigenvalue weighted by atomic mass is 9.88. The Morgan fingerprint density at radius 3 is 1.86 bits per heavy atom. The molecule has 0 radical (unpaired) electrons. The maximum absolute atomic E-state index is 5.54. The van der Waals surface area contributed by atoms with Gasteiger partial charge in [0, 0.05) is 53.9 Å². The van der Waals surface area contributed by atoms with Crippen LogP contribution in [0, 0.1) is 5.92 Å². The fraction of sp³-hybridized carbons (Fsp3) is 0.700. The second-order valence-corrected chi connectivity index (χ2v) is 13.3. The third-order valence-corrected chi connectivity index (χ3v) is 11.3. The van der Waals surface area contributed by atoms with Crippen LogP contribution in [0.25, 0.3) is 0 Å². The molecule has 7 nitrogen and oxygen atoms in total. The molecule has 3 atom stereocenters. The summed E-state index contributed by atoms with van der Waals surface area (Å²) in [5.74, 6) is 0.760. The van der Waals surface area contributed by atoms with Crippen LogP contribution in [0.4, 0.5) is 0 Å². The molecule has 1 aromatic rings. The predicted octanol–water partition coefficient (Wildman–Crippen LogP) is 2.59. The molecule has 1 heterocycles. The van der Waals surface area contributed by atoms with Crippen LogP contribution < -0.4 is 5.19 Å². The molecule has 1 aliphatic carbocycles. The average Bonchev–Trinajstić information content (AvgIpc) is 3.57. The summed E-state index contributed by atoms with van der Waals surface area (Å²) < 4.78 is 37.8. The number of benzene rings is 1. The summed E-state index contributed by atoms with van der Waals surface area (Å²) in [5, 5.41) is 0.975. The Morgan fingerprint density at radius 1 is 0.793 bits per heavy atom. The van der Waals surface area contributed by atoms with E-state index < -0.39 is 17.6 Å². The second-order valence-electron chi connectivity index (χ2n) is 7.26. The summed E-state index contributed by atoms with van der Waals surface area (Å²) in [6, 6.07) is 10.6. The standard InChI is InChI=1S/C11H22O4Si.C9H14O3Si/c1-12-16(13-2,14-3)7-6-9-4-5-10-11(8-9)15-10;1-10-13(11-2,12-3)9-7-5-4-6-8-9/h9-11H,4-8H2,1-3H3;4-8H,1-3H3. The number of epoxide rings is 1. The van der Waals surface area contributed by atoms with Crippen molar-refractivity contribution >= 4 is 22.8 Å². The van der Waals surface area contributed by atoms with Crippen LogP contribution in [-0.2, 0) is 31.3 Å². The van der Waals surface area contributed by atoms with E-state index in [4.69, 9.17) is 31.3 Å². The zero-order chi connectivity index (χ0) is 21.3. The highest BCUT2D eigenvalue weighted by Gasteiger charge is 2.45. The maximum Gasteiger partial charge on any atom is 0.536 e. The molecule has 1 saturated heterocycles. The molecule has 0 spiro atoms. The molecular formula is C20H36O7Si2. The van der Waals surface area contributed by atoms with E-state index in [-0.39, 0.29) is 0 Å². The monoisotopic (exact) mass is 444 g/mol. The van der Waals surface area contributed by atoms with Crippen LogP contribution in [0.3, 0.4) is 0 Å². The third-order valence-electron chi connectivity index (χ3n) is 5.84. The Labute approximate surface area is 177 Å². The predicted molar refractivity (Wildman–Crippen MR) is 115 cm³/mol. The smallest absolute Gasteiger partial charge is 0.377 e. The van der Waals surface area contributed by atoms with E-state index in [1.807, 2.05) is 30.3 Å². The van der Waals surface area contributed by atoms with Gasteiger partial charge in [0.15, 0.2) is 0 Å². The molecule has 0 N–H and O–H groups in total. The van der Waals surface area contributed by atoms with Crippen molar-refractivity contribution in [1.29, 1.82) is 0 Å². The van der Waals surface area contributed by atoms with Gasteiger partial charge in [-0.15, -0.1) is 0 Å². The molecule has 2 fully saturated rings. The van der Waals surface area contributed by atoms with Gasteiger partial charge in [-0.3, -0.25) is 0 Å². The molecule has 3 rings (SSSR count). The molecule has 1 saturated carbocycles. The minimum atomic E-state index is -2.59. The summed E-state index contributed by atoms with van der Waals surface area (Å²) >= 11 is 0. The Balaban J connectivity index is 0.000000212. The molecule has 0 bridgehead atoms. The minimum Gasteiger partial charge on any atom is -0.377 e. The second kappa shape index (κ2) is 11.7. The van der Waals surface area contributed by atoms with Crippen LogP contribution in [-0.4, -0.2) is 72.5 Å². The molecule has 166 valence electrons. The van der Waals surface area contributed by atoms with Gasteiger partial charge in [0.05, 0.1) is 12.2 Å². The summed E-state index contributed by atoms with van der Waals surface area (Å²) in [7, 11) is 4.91. The number of ether oxygens (including phenoxy) is 1. The number of rotatable bonds is 10. The maximum atomic E-state index is 5.54. The first-order valence-corrected chi connectivity index (χ1v) is 13.7. The van der Waals surface area contributed by atoms with Crippen molar-refractivity contribution < 1.29 is 31.3 Å². The quantitative estimate of drug-likeness (QED) is 0.406. The highest BCUT2D eigenvalue weighted by Crippen LogP contribution is 2.41. The van der Waals surface area contributed by atoms with E-state index in [0.29, 0.717) is 12.2 Å². The van der Waals surface area contributed by atoms with Gasteiger partial charge in [-0.2, -0.15) is 0 Å². The lowest BCUT2D eigenvalue weighted by molar-refractivity contribution is 0.120. The summed E-state index contributed by atoms with van der Waals surface area (Å²) in [4.78, 5) is 0. The van der Waals surface area contributed by atoms with Crippen LogP contribution in [0.5, 0.6) is 0 Å². The van der Waals surface area contributed by atoms with E-state index in [2.05, 4.69) is 0 Å². The van der Waals surface area contributed by atoms with Crippen molar-refractivity contribution in [2.24, 2.45) is 5.92 Å². The van der Waals surface area contributed by atoms with Crippen molar-refractivity contribution in [2.45, 2.75) is 43.9 Å². The number of hydrogen-bond donors (Lipinski definition) is 0. The first-order valence-electron chi connectivity index (χ1n) is 10.0. The van der Waals surface area contributed by atoms with E-state index in [1.165, 1.54) is 19.3 Å². The average molecular weight is 445 g/mol. The van der Waals surface area contributed by atoms with Gasteiger partial charge in [-0.05, 0) is 31.6 Å². The molecule has 0 aromatic heterocycles. The van der Waals surface area contributed by atoms with Crippen molar-refractivity contribution in [1.82, 2.24) is 0 Å². The molecule has 9 heteroatoms. The fourth-order valence-corrected chi connectivity index (χ4v) is 7.61. The Hall–Kier alpha value is -0.626. The first-order chi connectivity index (χ1) is 14.0. The lowest BCUT2D eigenvalue weighted by Gasteiger charge is -2.27. The van der Waals surface area contributed by atoms with Crippen molar-refractivity contribution in [3.05, 3.63) is 30.3 Å². The number of fused-ring (bicyclic) bond motifs is 1. The van der Waals surface area contributed by atoms with Gasteiger partial charge in [0.25, 0.3) is 0 Å². The molecule has 0 amide bonds. The minimum absolute atomic E-state index is 0.558.